The minimum Gasteiger partial charge on any atom is -0.392 e. The van der Waals surface area contributed by atoms with Gasteiger partial charge in [0.05, 0.1) is 6.61 Å². The molecule has 0 saturated carbocycles. The summed E-state index contributed by atoms with van der Waals surface area (Å²) in [6, 6.07) is 3.49. The summed E-state index contributed by atoms with van der Waals surface area (Å²) in [4.78, 5) is -0.447. The van der Waals surface area contributed by atoms with Gasteiger partial charge in [0.2, 0.25) is 10.0 Å². The van der Waals surface area contributed by atoms with Crippen LogP contribution in [-0.2, 0) is 30.1 Å². The number of benzene rings is 1. The van der Waals surface area contributed by atoms with Crippen molar-refractivity contribution in [1.29, 1.82) is 0 Å². The molecule has 0 aliphatic rings. The number of hydrogen-bond donors (Lipinski definition) is 2. The number of nitrogens with one attached hydrogen (secondary N) is 1. The minimum atomic E-state index is -3.95. The smallest absolute Gasteiger partial charge is 0.243 e. The number of rotatable bonds is 6. The Labute approximate surface area is 121 Å². The van der Waals surface area contributed by atoms with E-state index in [0.717, 1.165) is 12.1 Å². The molecule has 0 unspecified atom stereocenters. The van der Waals surface area contributed by atoms with Gasteiger partial charge in [0, 0.05) is 20.0 Å². The van der Waals surface area contributed by atoms with Gasteiger partial charge in [-0.05, 0) is 17.7 Å². The maximum atomic E-state index is 13.7. The molecule has 0 spiro atoms. The molecule has 21 heavy (non-hydrogen) atoms. The molecule has 2 N–H and O–H groups in total. The van der Waals surface area contributed by atoms with Crippen LogP contribution in [0.3, 0.4) is 0 Å². The van der Waals surface area contributed by atoms with Crippen LogP contribution in [0.15, 0.2) is 29.4 Å². The number of nitrogens with zero attached hydrogens (tertiary/aromatic N) is 3. The highest BCUT2D eigenvalue weighted by molar-refractivity contribution is 7.89. The van der Waals surface area contributed by atoms with E-state index in [1.165, 1.54) is 12.4 Å². The molecule has 0 aliphatic carbocycles. The molecule has 0 saturated heterocycles. The second kappa shape index (κ2) is 6.29. The zero-order valence-electron chi connectivity index (χ0n) is 11.3. The highest BCUT2D eigenvalue weighted by atomic mass is 32.2. The van der Waals surface area contributed by atoms with Gasteiger partial charge < -0.3 is 9.67 Å². The van der Waals surface area contributed by atoms with Crippen LogP contribution in [0.2, 0.25) is 0 Å². The molecular formula is C12H15FN4O3S. The fraction of sp³-hybridized carbons (Fsp3) is 0.333. The Kier molecular flexibility index (Phi) is 4.66. The van der Waals surface area contributed by atoms with Crippen molar-refractivity contribution in [1.82, 2.24) is 19.5 Å². The van der Waals surface area contributed by atoms with E-state index in [9.17, 15) is 12.8 Å². The molecule has 9 heteroatoms. The predicted molar refractivity (Wildman–Crippen MR) is 72.2 cm³/mol. The van der Waals surface area contributed by atoms with Gasteiger partial charge in [0.25, 0.3) is 0 Å². The van der Waals surface area contributed by atoms with E-state index in [1.54, 1.807) is 11.6 Å². The van der Waals surface area contributed by atoms with Crippen molar-refractivity contribution in [3.8, 4) is 0 Å². The zero-order valence-corrected chi connectivity index (χ0v) is 12.1. The summed E-state index contributed by atoms with van der Waals surface area (Å²) in [6.07, 6.45) is 1.85. The molecule has 2 aromatic rings. The van der Waals surface area contributed by atoms with Crippen molar-refractivity contribution in [2.75, 3.05) is 6.54 Å². The van der Waals surface area contributed by atoms with E-state index in [1.807, 2.05) is 0 Å². The first-order valence-electron chi connectivity index (χ1n) is 6.16. The monoisotopic (exact) mass is 314 g/mol. The lowest BCUT2D eigenvalue weighted by Crippen LogP contribution is -2.27. The Bertz CT molecular complexity index is 730. The van der Waals surface area contributed by atoms with E-state index in [0.29, 0.717) is 17.8 Å². The van der Waals surface area contributed by atoms with Crippen LogP contribution in [-0.4, -0.2) is 34.8 Å². The standard InChI is InChI=1S/C12H15FN4O3S/c1-17-8-14-16-12(17)4-5-15-21(19,20)11-3-2-9(7-18)6-10(11)13/h2-3,6,8,15,18H,4-5,7H2,1H3. The molecule has 114 valence electrons. The van der Waals surface area contributed by atoms with Crippen molar-refractivity contribution in [2.24, 2.45) is 7.05 Å². The number of aliphatic hydroxyl groups excluding tert-OH is 1. The lowest BCUT2D eigenvalue weighted by Gasteiger charge is -2.08. The summed E-state index contributed by atoms with van der Waals surface area (Å²) in [6.45, 7) is -0.271. The number of halogens is 1. The highest BCUT2D eigenvalue weighted by Gasteiger charge is 2.19. The Morgan fingerprint density at radius 1 is 1.43 bits per heavy atom. The van der Waals surface area contributed by atoms with E-state index < -0.39 is 20.7 Å². The van der Waals surface area contributed by atoms with Crippen LogP contribution in [0.25, 0.3) is 0 Å². The largest absolute Gasteiger partial charge is 0.392 e. The Balaban J connectivity index is 2.06. The van der Waals surface area contributed by atoms with Crippen LogP contribution in [0.1, 0.15) is 11.4 Å². The van der Waals surface area contributed by atoms with Gasteiger partial charge in [0.1, 0.15) is 22.9 Å². The summed E-state index contributed by atoms with van der Waals surface area (Å²) in [5.41, 5.74) is 0.311. The minimum absolute atomic E-state index is 0.0794. The molecule has 1 aromatic carbocycles. The predicted octanol–water partition coefficient (Wildman–Crippen LogP) is -0.0325. The molecule has 0 fully saturated rings. The normalized spacial score (nSPS) is 11.8. The van der Waals surface area contributed by atoms with Gasteiger partial charge in [-0.2, -0.15) is 0 Å². The molecule has 1 aromatic heterocycles. The number of aryl methyl sites for hydroxylation is 1. The third kappa shape index (κ3) is 3.63. The second-order valence-electron chi connectivity index (χ2n) is 4.43. The average Bonchev–Trinajstić information content (AvgIpc) is 2.83. The lowest BCUT2D eigenvalue weighted by atomic mass is 10.2. The Morgan fingerprint density at radius 3 is 2.76 bits per heavy atom. The summed E-state index contributed by atoms with van der Waals surface area (Å²) in [7, 11) is -2.20. The average molecular weight is 314 g/mol. The number of aromatic nitrogens is 3. The Morgan fingerprint density at radius 2 is 2.19 bits per heavy atom. The third-order valence-electron chi connectivity index (χ3n) is 2.91. The van der Waals surface area contributed by atoms with Crippen LogP contribution in [0, 0.1) is 5.82 Å². The summed E-state index contributed by atoms with van der Waals surface area (Å²) >= 11 is 0. The summed E-state index contributed by atoms with van der Waals surface area (Å²) in [5, 5.41) is 16.4. The number of sulfonamides is 1. The first-order chi connectivity index (χ1) is 9.94. The molecule has 0 bridgehead atoms. The van der Waals surface area contributed by atoms with Crippen molar-refractivity contribution >= 4 is 10.0 Å². The zero-order chi connectivity index (χ0) is 15.5. The van der Waals surface area contributed by atoms with Gasteiger partial charge in [-0.25, -0.2) is 17.5 Å². The quantitative estimate of drug-likeness (QED) is 0.780. The van der Waals surface area contributed by atoms with E-state index in [4.69, 9.17) is 5.11 Å². The maximum Gasteiger partial charge on any atom is 0.243 e. The molecule has 0 amide bonds. The highest BCUT2D eigenvalue weighted by Crippen LogP contribution is 2.16. The fourth-order valence-corrected chi connectivity index (χ4v) is 2.86. The van der Waals surface area contributed by atoms with Crippen LogP contribution in [0.5, 0.6) is 0 Å². The van der Waals surface area contributed by atoms with Gasteiger partial charge in [-0.15, -0.1) is 10.2 Å². The third-order valence-corrected chi connectivity index (χ3v) is 4.41. The summed E-state index contributed by atoms with van der Waals surface area (Å²) < 4.78 is 41.7. The lowest BCUT2D eigenvalue weighted by molar-refractivity contribution is 0.281. The summed E-state index contributed by atoms with van der Waals surface area (Å²) in [5.74, 6) is -0.276. The van der Waals surface area contributed by atoms with Crippen molar-refractivity contribution in [3.63, 3.8) is 0 Å². The molecule has 0 aliphatic heterocycles. The van der Waals surface area contributed by atoms with Gasteiger partial charge in [-0.3, -0.25) is 0 Å². The van der Waals surface area contributed by atoms with Crippen molar-refractivity contribution < 1.29 is 17.9 Å². The topological polar surface area (TPSA) is 97.1 Å². The van der Waals surface area contributed by atoms with Crippen molar-refractivity contribution in [3.05, 3.63) is 41.7 Å². The molecule has 0 radical (unpaired) electrons. The SMILES string of the molecule is Cn1cnnc1CCNS(=O)(=O)c1ccc(CO)cc1F. The van der Waals surface area contributed by atoms with Crippen LogP contribution >= 0.6 is 0 Å². The molecular weight excluding hydrogens is 299 g/mol. The van der Waals surface area contributed by atoms with Gasteiger partial charge in [0.15, 0.2) is 0 Å². The number of hydrogen-bond acceptors (Lipinski definition) is 5. The van der Waals surface area contributed by atoms with E-state index in [-0.39, 0.29) is 13.2 Å². The van der Waals surface area contributed by atoms with E-state index >= 15 is 0 Å². The molecule has 7 nitrogen and oxygen atoms in total. The molecule has 2 rings (SSSR count). The maximum absolute atomic E-state index is 13.7. The van der Waals surface area contributed by atoms with Crippen LogP contribution in [0.4, 0.5) is 4.39 Å². The Hall–Kier alpha value is -1.84. The fourth-order valence-electron chi connectivity index (χ4n) is 1.77. The molecule has 0 atom stereocenters. The first-order valence-corrected chi connectivity index (χ1v) is 7.64. The van der Waals surface area contributed by atoms with Crippen molar-refractivity contribution in [2.45, 2.75) is 17.9 Å². The van der Waals surface area contributed by atoms with Gasteiger partial charge in [-0.1, -0.05) is 6.07 Å². The molecule has 1 heterocycles. The first kappa shape index (κ1) is 15.5. The van der Waals surface area contributed by atoms with Gasteiger partial charge >= 0.3 is 0 Å². The second-order valence-corrected chi connectivity index (χ2v) is 6.16. The number of aliphatic hydroxyl groups is 1. The van der Waals surface area contributed by atoms with Crippen LogP contribution < -0.4 is 4.72 Å². The van der Waals surface area contributed by atoms with E-state index in [2.05, 4.69) is 14.9 Å².